The number of rotatable bonds is 7. The molecule has 0 aromatic rings. The summed E-state index contributed by atoms with van der Waals surface area (Å²) in [7, 11) is 3.23. The van der Waals surface area contributed by atoms with E-state index in [2.05, 4.69) is 5.32 Å². The third-order valence-corrected chi connectivity index (χ3v) is 3.14. The lowest BCUT2D eigenvalue weighted by Gasteiger charge is -2.22. The highest BCUT2D eigenvalue weighted by atomic mass is 16.7. The Morgan fingerprint density at radius 1 is 1.29 bits per heavy atom. The molecule has 0 aromatic heterocycles. The average Bonchev–Trinajstić information content (AvgIpc) is 2.84. The van der Waals surface area contributed by atoms with Crippen molar-refractivity contribution in [1.29, 1.82) is 0 Å². The van der Waals surface area contributed by atoms with E-state index in [0.29, 0.717) is 13.0 Å². The van der Waals surface area contributed by atoms with Gasteiger partial charge in [-0.25, -0.2) is 0 Å². The molecule has 1 aliphatic rings. The summed E-state index contributed by atoms with van der Waals surface area (Å²) in [5, 5.41) is 3.24. The zero-order valence-corrected chi connectivity index (χ0v) is 11.1. The minimum absolute atomic E-state index is 0.0800. The van der Waals surface area contributed by atoms with Gasteiger partial charge in [0.05, 0.1) is 6.04 Å². The zero-order valence-electron chi connectivity index (χ0n) is 11.1. The number of nitrogens with one attached hydrogen (secondary N) is 1. The molecule has 1 aliphatic heterocycles. The number of carbonyl (C=O) groups is 1. The van der Waals surface area contributed by atoms with E-state index in [1.807, 2.05) is 11.8 Å². The first-order chi connectivity index (χ1) is 8.19. The molecule has 17 heavy (non-hydrogen) atoms. The highest BCUT2D eigenvalue weighted by Gasteiger charge is 2.19. The Balaban J connectivity index is 2.15. The zero-order chi connectivity index (χ0) is 12.7. The number of hydrogen-bond acceptors (Lipinski definition) is 4. The molecular formula is C12H24N2O3. The summed E-state index contributed by atoms with van der Waals surface area (Å²) in [6, 6.07) is 0.0800. The molecule has 1 amide bonds. The van der Waals surface area contributed by atoms with Crippen molar-refractivity contribution < 1.29 is 14.3 Å². The standard InChI is InChI=1S/C12H24N2O3/c1-10(12(16-2)17-3)13-7-6-11(15)14-8-4-5-9-14/h10,12-13H,4-9H2,1-3H3. The maximum absolute atomic E-state index is 11.8. The summed E-state index contributed by atoms with van der Waals surface area (Å²) < 4.78 is 10.3. The molecule has 1 heterocycles. The Bertz CT molecular complexity index is 226. The molecule has 0 aromatic carbocycles. The topological polar surface area (TPSA) is 50.8 Å². The number of nitrogens with zero attached hydrogens (tertiary/aromatic N) is 1. The van der Waals surface area contributed by atoms with Gasteiger partial charge < -0.3 is 19.7 Å². The Morgan fingerprint density at radius 2 is 1.88 bits per heavy atom. The maximum atomic E-state index is 11.8. The van der Waals surface area contributed by atoms with Crippen molar-refractivity contribution in [2.75, 3.05) is 33.9 Å². The van der Waals surface area contributed by atoms with E-state index in [1.54, 1.807) is 14.2 Å². The Kier molecular flexibility index (Phi) is 6.47. The molecule has 1 rings (SSSR count). The van der Waals surface area contributed by atoms with Crippen LogP contribution in [0.25, 0.3) is 0 Å². The third kappa shape index (κ3) is 4.61. The summed E-state index contributed by atoms with van der Waals surface area (Å²) in [5.74, 6) is 0.244. The van der Waals surface area contributed by atoms with E-state index in [1.165, 1.54) is 0 Å². The lowest BCUT2D eigenvalue weighted by molar-refractivity contribution is -0.131. The SMILES string of the molecule is COC(OC)C(C)NCCC(=O)N1CCCC1. The van der Waals surface area contributed by atoms with Crippen molar-refractivity contribution in [3.63, 3.8) is 0 Å². The fourth-order valence-electron chi connectivity index (χ4n) is 2.13. The van der Waals surface area contributed by atoms with Gasteiger partial charge in [0.25, 0.3) is 0 Å². The van der Waals surface area contributed by atoms with E-state index >= 15 is 0 Å². The first kappa shape index (κ1) is 14.4. The van der Waals surface area contributed by atoms with Crippen LogP contribution in [-0.4, -0.2) is 57.0 Å². The molecule has 5 nitrogen and oxygen atoms in total. The second-order valence-corrected chi connectivity index (χ2v) is 4.42. The predicted molar refractivity (Wildman–Crippen MR) is 65.7 cm³/mol. The molecule has 1 saturated heterocycles. The van der Waals surface area contributed by atoms with Crippen LogP contribution < -0.4 is 5.32 Å². The monoisotopic (exact) mass is 244 g/mol. The highest BCUT2D eigenvalue weighted by Crippen LogP contribution is 2.08. The maximum Gasteiger partial charge on any atom is 0.223 e. The Morgan fingerprint density at radius 3 is 2.41 bits per heavy atom. The molecule has 1 N–H and O–H groups in total. The molecule has 100 valence electrons. The minimum atomic E-state index is -0.267. The van der Waals surface area contributed by atoms with Crippen LogP contribution in [0, 0.1) is 0 Å². The normalized spacial score (nSPS) is 17.8. The lowest BCUT2D eigenvalue weighted by Crippen LogP contribution is -2.41. The smallest absolute Gasteiger partial charge is 0.223 e. The van der Waals surface area contributed by atoms with E-state index < -0.39 is 0 Å². The number of amides is 1. The number of ether oxygens (including phenoxy) is 2. The Hall–Kier alpha value is -0.650. The molecule has 0 saturated carbocycles. The molecule has 0 aliphatic carbocycles. The van der Waals surface area contributed by atoms with Crippen molar-refractivity contribution in [2.24, 2.45) is 0 Å². The second kappa shape index (κ2) is 7.63. The van der Waals surface area contributed by atoms with E-state index in [9.17, 15) is 4.79 Å². The van der Waals surface area contributed by atoms with Gasteiger partial charge in [-0.2, -0.15) is 0 Å². The largest absolute Gasteiger partial charge is 0.354 e. The molecule has 1 fully saturated rings. The van der Waals surface area contributed by atoms with E-state index in [4.69, 9.17) is 9.47 Å². The summed E-state index contributed by atoms with van der Waals surface area (Å²) in [6.45, 7) is 4.50. The van der Waals surface area contributed by atoms with Crippen LogP contribution in [0.3, 0.4) is 0 Å². The van der Waals surface area contributed by atoms with Crippen LogP contribution in [-0.2, 0) is 14.3 Å². The second-order valence-electron chi connectivity index (χ2n) is 4.42. The molecule has 1 unspecified atom stereocenters. The summed E-state index contributed by atoms with van der Waals surface area (Å²) in [5.41, 5.74) is 0. The van der Waals surface area contributed by atoms with Gasteiger partial charge in [0.15, 0.2) is 6.29 Å². The van der Waals surface area contributed by atoms with Crippen molar-refractivity contribution in [3.05, 3.63) is 0 Å². The van der Waals surface area contributed by atoms with Crippen molar-refractivity contribution in [2.45, 2.75) is 38.5 Å². The number of methoxy groups -OCH3 is 2. The predicted octanol–water partition coefficient (Wildman–Crippen LogP) is 0.596. The number of hydrogen-bond donors (Lipinski definition) is 1. The molecule has 0 spiro atoms. The van der Waals surface area contributed by atoms with Gasteiger partial charge >= 0.3 is 0 Å². The van der Waals surface area contributed by atoms with Gasteiger partial charge in [-0.15, -0.1) is 0 Å². The third-order valence-electron chi connectivity index (χ3n) is 3.14. The molecule has 0 radical (unpaired) electrons. The van der Waals surface area contributed by atoms with Crippen LogP contribution in [0.1, 0.15) is 26.2 Å². The van der Waals surface area contributed by atoms with Crippen molar-refractivity contribution >= 4 is 5.91 Å². The molecule has 0 bridgehead atoms. The van der Waals surface area contributed by atoms with Crippen LogP contribution in [0.15, 0.2) is 0 Å². The van der Waals surface area contributed by atoms with Gasteiger partial charge in [-0.1, -0.05) is 0 Å². The molecule has 1 atom stereocenters. The fourth-order valence-corrected chi connectivity index (χ4v) is 2.13. The van der Waals surface area contributed by atoms with Gasteiger partial charge in [-0.3, -0.25) is 4.79 Å². The van der Waals surface area contributed by atoms with Crippen LogP contribution in [0.4, 0.5) is 0 Å². The molecule has 5 heteroatoms. The number of likely N-dealkylation sites (tertiary alicyclic amines) is 1. The first-order valence-electron chi connectivity index (χ1n) is 6.25. The fraction of sp³-hybridized carbons (Fsp3) is 0.917. The van der Waals surface area contributed by atoms with Crippen molar-refractivity contribution in [1.82, 2.24) is 10.2 Å². The average molecular weight is 244 g/mol. The molecular weight excluding hydrogens is 220 g/mol. The van der Waals surface area contributed by atoms with Gasteiger partial charge in [0, 0.05) is 40.3 Å². The summed E-state index contributed by atoms with van der Waals surface area (Å²) >= 11 is 0. The quantitative estimate of drug-likeness (QED) is 0.666. The highest BCUT2D eigenvalue weighted by molar-refractivity contribution is 5.76. The Labute approximate surface area is 103 Å². The van der Waals surface area contributed by atoms with Gasteiger partial charge in [0.1, 0.15) is 0 Å². The van der Waals surface area contributed by atoms with Gasteiger partial charge in [0.2, 0.25) is 5.91 Å². The van der Waals surface area contributed by atoms with Crippen molar-refractivity contribution in [3.8, 4) is 0 Å². The van der Waals surface area contributed by atoms with Crippen LogP contribution in [0.5, 0.6) is 0 Å². The first-order valence-corrected chi connectivity index (χ1v) is 6.25. The van der Waals surface area contributed by atoms with E-state index in [0.717, 1.165) is 25.9 Å². The minimum Gasteiger partial charge on any atom is -0.354 e. The summed E-state index contributed by atoms with van der Waals surface area (Å²) in [6.07, 6.45) is 2.57. The van der Waals surface area contributed by atoms with Crippen LogP contribution in [0.2, 0.25) is 0 Å². The van der Waals surface area contributed by atoms with Gasteiger partial charge in [-0.05, 0) is 19.8 Å². The lowest BCUT2D eigenvalue weighted by atomic mass is 10.3. The number of carbonyl (C=O) groups excluding carboxylic acids is 1. The van der Waals surface area contributed by atoms with Crippen LogP contribution >= 0.6 is 0 Å². The summed E-state index contributed by atoms with van der Waals surface area (Å²) in [4.78, 5) is 13.7. The van der Waals surface area contributed by atoms with E-state index in [-0.39, 0.29) is 18.2 Å².